The molecule has 0 saturated heterocycles. The van der Waals surface area contributed by atoms with Gasteiger partial charge < -0.3 is 0 Å². The molecule has 0 amide bonds. The van der Waals surface area contributed by atoms with Gasteiger partial charge in [0, 0.05) is 11.8 Å². The molecule has 0 bridgehead atoms. The summed E-state index contributed by atoms with van der Waals surface area (Å²) in [5, 5.41) is 11.3. The molecule has 0 aliphatic carbocycles. The molecule has 4 heteroatoms. The van der Waals surface area contributed by atoms with Crippen LogP contribution in [-0.4, -0.2) is 14.7 Å². The molecule has 0 saturated carbocycles. The van der Waals surface area contributed by atoms with E-state index in [1.807, 2.05) is 0 Å². The van der Waals surface area contributed by atoms with E-state index in [9.17, 15) is 13.5 Å². The molecular weight excluding hydrogens is 188 g/mol. The molecule has 13 heavy (non-hydrogen) atoms. The van der Waals surface area contributed by atoms with Gasteiger partial charge in [0.15, 0.2) is 15.6 Å². The second kappa shape index (κ2) is 3.38. The summed E-state index contributed by atoms with van der Waals surface area (Å²) in [7, 11) is -3.27. The molecule has 0 aliphatic rings. The van der Waals surface area contributed by atoms with Gasteiger partial charge in [0.1, 0.15) is 0 Å². The standard InChI is InChI=1S/C9H11O3S/c1-3-7-8(10)5-4-6-9(7)13(2,11)12/h4-6H,3H2,1-2H3. The van der Waals surface area contributed by atoms with Crippen molar-refractivity contribution in [3.63, 3.8) is 0 Å². The Morgan fingerprint density at radius 3 is 2.31 bits per heavy atom. The molecule has 3 nitrogen and oxygen atoms in total. The minimum Gasteiger partial charge on any atom is -0.290 e. The highest BCUT2D eigenvalue weighted by atomic mass is 32.2. The average molecular weight is 199 g/mol. The Kier molecular flexibility index (Phi) is 2.61. The zero-order valence-electron chi connectivity index (χ0n) is 7.57. The van der Waals surface area contributed by atoms with Gasteiger partial charge in [-0.25, -0.2) is 8.42 Å². The van der Waals surface area contributed by atoms with Crippen molar-refractivity contribution in [3.8, 4) is 5.75 Å². The van der Waals surface area contributed by atoms with Gasteiger partial charge in [-0.3, -0.25) is 5.11 Å². The van der Waals surface area contributed by atoms with Crippen LogP contribution in [0.25, 0.3) is 0 Å². The first-order valence-electron chi connectivity index (χ1n) is 3.95. The number of hydrogen-bond donors (Lipinski definition) is 0. The third kappa shape index (κ3) is 2.01. The van der Waals surface area contributed by atoms with Gasteiger partial charge in [0.25, 0.3) is 0 Å². The fourth-order valence-corrected chi connectivity index (χ4v) is 2.26. The predicted octanol–water partition coefficient (Wildman–Crippen LogP) is 1.80. The van der Waals surface area contributed by atoms with Gasteiger partial charge in [0.05, 0.1) is 4.90 Å². The lowest BCUT2D eigenvalue weighted by Crippen LogP contribution is -2.01. The minimum absolute atomic E-state index is 0.155. The lowest BCUT2D eigenvalue weighted by Gasteiger charge is -2.05. The monoisotopic (exact) mass is 199 g/mol. The van der Waals surface area contributed by atoms with Crippen molar-refractivity contribution >= 4 is 9.84 Å². The molecule has 0 N–H and O–H groups in total. The Morgan fingerprint density at radius 1 is 1.31 bits per heavy atom. The largest absolute Gasteiger partial charge is 0.290 e. The van der Waals surface area contributed by atoms with Crippen molar-refractivity contribution in [1.29, 1.82) is 0 Å². The van der Waals surface area contributed by atoms with E-state index in [4.69, 9.17) is 0 Å². The maximum absolute atomic E-state index is 11.3. The van der Waals surface area contributed by atoms with Crippen molar-refractivity contribution in [2.24, 2.45) is 0 Å². The van der Waals surface area contributed by atoms with Gasteiger partial charge in [-0.15, -0.1) is 0 Å². The van der Waals surface area contributed by atoms with Crippen LogP contribution in [0.2, 0.25) is 0 Å². The first kappa shape index (κ1) is 10.1. The Labute approximate surface area is 77.9 Å². The van der Waals surface area contributed by atoms with E-state index in [-0.39, 0.29) is 10.6 Å². The summed E-state index contributed by atoms with van der Waals surface area (Å²) in [6, 6.07) is 4.32. The average Bonchev–Trinajstić information content (AvgIpc) is 2.02. The second-order valence-electron chi connectivity index (χ2n) is 2.86. The van der Waals surface area contributed by atoms with E-state index in [2.05, 4.69) is 0 Å². The van der Waals surface area contributed by atoms with Crippen molar-refractivity contribution in [3.05, 3.63) is 23.8 Å². The first-order chi connectivity index (χ1) is 5.96. The predicted molar refractivity (Wildman–Crippen MR) is 49.1 cm³/mol. The molecule has 0 unspecified atom stereocenters. The lowest BCUT2D eigenvalue weighted by atomic mass is 10.1. The Hall–Kier alpha value is -1.03. The second-order valence-corrected chi connectivity index (χ2v) is 4.84. The molecule has 1 rings (SSSR count). The van der Waals surface area contributed by atoms with Gasteiger partial charge in [-0.1, -0.05) is 13.0 Å². The maximum atomic E-state index is 11.3. The van der Waals surface area contributed by atoms with Crippen LogP contribution in [0.4, 0.5) is 0 Å². The molecule has 71 valence electrons. The van der Waals surface area contributed by atoms with Crippen molar-refractivity contribution in [2.75, 3.05) is 6.26 Å². The fraction of sp³-hybridized carbons (Fsp3) is 0.333. The Morgan fingerprint density at radius 2 is 1.92 bits per heavy atom. The molecule has 1 aromatic carbocycles. The number of benzene rings is 1. The third-order valence-corrected chi connectivity index (χ3v) is 3.02. The molecule has 0 aromatic heterocycles. The van der Waals surface area contributed by atoms with Crippen LogP contribution >= 0.6 is 0 Å². The Bertz CT molecular complexity index is 407. The summed E-state index contributed by atoms with van der Waals surface area (Å²) in [5.74, 6) is -0.203. The highest BCUT2D eigenvalue weighted by Gasteiger charge is 2.15. The SMILES string of the molecule is CCc1c([O])cccc1S(C)(=O)=O. The highest BCUT2D eigenvalue weighted by Crippen LogP contribution is 2.25. The summed E-state index contributed by atoms with van der Waals surface area (Å²) in [6.07, 6.45) is 1.56. The van der Waals surface area contributed by atoms with Crippen LogP contribution in [-0.2, 0) is 21.4 Å². The van der Waals surface area contributed by atoms with E-state index in [0.717, 1.165) is 6.26 Å². The van der Waals surface area contributed by atoms with Crippen LogP contribution < -0.4 is 0 Å². The van der Waals surface area contributed by atoms with Crippen molar-refractivity contribution in [2.45, 2.75) is 18.2 Å². The van der Waals surface area contributed by atoms with Gasteiger partial charge in [-0.2, -0.15) is 0 Å². The molecular formula is C9H11O3S. The van der Waals surface area contributed by atoms with Crippen molar-refractivity contribution in [1.82, 2.24) is 0 Å². The summed E-state index contributed by atoms with van der Waals surface area (Å²) < 4.78 is 22.5. The smallest absolute Gasteiger partial charge is 0.183 e. The number of rotatable bonds is 2. The summed E-state index contributed by atoms with van der Waals surface area (Å²) in [4.78, 5) is 0.155. The van der Waals surface area contributed by atoms with Crippen LogP contribution in [0.5, 0.6) is 5.75 Å². The molecule has 0 heterocycles. The van der Waals surface area contributed by atoms with Crippen LogP contribution in [0, 0.1) is 0 Å². The van der Waals surface area contributed by atoms with Gasteiger partial charge >= 0.3 is 0 Å². The van der Waals surface area contributed by atoms with Crippen LogP contribution in [0.3, 0.4) is 0 Å². The zero-order chi connectivity index (χ0) is 10.1. The molecule has 0 atom stereocenters. The summed E-state index contributed by atoms with van der Waals surface area (Å²) in [5.41, 5.74) is 0.380. The van der Waals surface area contributed by atoms with E-state index in [1.54, 1.807) is 6.92 Å². The van der Waals surface area contributed by atoms with E-state index in [1.165, 1.54) is 18.2 Å². The third-order valence-electron chi connectivity index (χ3n) is 1.84. The van der Waals surface area contributed by atoms with E-state index >= 15 is 0 Å². The van der Waals surface area contributed by atoms with Gasteiger partial charge in [-0.05, 0) is 18.6 Å². The quantitative estimate of drug-likeness (QED) is 0.729. The van der Waals surface area contributed by atoms with Crippen LogP contribution in [0.1, 0.15) is 12.5 Å². The van der Waals surface area contributed by atoms with Crippen molar-refractivity contribution < 1.29 is 13.5 Å². The fourth-order valence-electron chi connectivity index (χ4n) is 1.24. The zero-order valence-corrected chi connectivity index (χ0v) is 8.39. The normalized spacial score (nSPS) is 11.5. The molecule has 1 aromatic rings. The number of sulfone groups is 1. The minimum atomic E-state index is -3.27. The number of hydrogen-bond acceptors (Lipinski definition) is 2. The maximum Gasteiger partial charge on any atom is 0.183 e. The topological polar surface area (TPSA) is 54.0 Å². The Balaban J connectivity index is 3.47. The highest BCUT2D eigenvalue weighted by molar-refractivity contribution is 7.90. The summed E-state index contributed by atoms with van der Waals surface area (Å²) in [6.45, 7) is 1.77. The molecule has 0 spiro atoms. The van der Waals surface area contributed by atoms with E-state index < -0.39 is 9.84 Å². The van der Waals surface area contributed by atoms with Gasteiger partial charge in [0.2, 0.25) is 0 Å². The lowest BCUT2D eigenvalue weighted by molar-refractivity contribution is 0.348. The van der Waals surface area contributed by atoms with E-state index in [0.29, 0.717) is 12.0 Å². The van der Waals surface area contributed by atoms with Crippen LogP contribution in [0.15, 0.2) is 23.1 Å². The molecule has 0 aliphatic heterocycles. The molecule has 0 fully saturated rings. The molecule has 1 radical (unpaired) electrons. The first-order valence-corrected chi connectivity index (χ1v) is 5.85. The summed E-state index contributed by atoms with van der Waals surface area (Å²) >= 11 is 0.